The number of aliphatic carboxylic acids is 2. The van der Waals surface area contributed by atoms with E-state index in [1.165, 1.54) is 0 Å². The second-order valence-electron chi connectivity index (χ2n) is 7.27. The molecule has 4 nitrogen and oxygen atoms in total. The third kappa shape index (κ3) is 4.28. The predicted molar refractivity (Wildman–Crippen MR) is 105 cm³/mol. The Hall–Kier alpha value is -1.84. The van der Waals surface area contributed by atoms with Crippen molar-refractivity contribution in [3.63, 3.8) is 0 Å². The molecule has 1 aromatic carbocycles. The molecular weight excluding hydrogens is 328 g/mol. The van der Waals surface area contributed by atoms with E-state index in [2.05, 4.69) is 13.8 Å². The van der Waals surface area contributed by atoms with Crippen LogP contribution in [-0.2, 0) is 20.4 Å². The van der Waals surface area contributed by atoms with Crippen molar-refractivity contribution in [2.75, 3.05) is 0 Å². The van der Waals surface area contributed by atoms with E-state index in [0.29, 0.717) is 25.7 Å². The standard InChI is InChI=1S/C22H34O4/c1-5-9-15-21(7-3,19(23)24)17-11-13-18(14-12-17)22(8-4,20(25)26)16-10-6-2/h11-14H,5-10,15-16H2,1-4H3,(H,23,24)(H,25,26). The van der Waals surface area contributed by atoms with Crippen LogP contribution in [0.3, 0.4) is 0 Å². The SMILES string of the molecule is CCCCC(CC)(C(=O)O)c1ccc(C(CC)(CCCC)C(=O)O)cc1. The second-order valence-corrected chi connectivity index (χ2v) is 7.27. The molecule has 0 aliphatic rings. The molecule has 0 aliphatic heterocycles. The lowest BCUT2D eigenvalue weighted by Crippen LogP contribution is -2.37. The summed E-state index contributed by atoms with van der Waals surface area (Å²) in [5, 5.41) is 19.8. The Morgan fingerprint density at radius 2 is 1.04 bits per heavy atom. The quantitative estimate of drug-likeness (QED) is 0.512. The lowest BCUT2D eigenvalue weighted by Gasteiger charge is -2.32. The van der Waals surface area contributed by atoms with E-state index >= 15 is 0 Å². The minimum atomic E-state index is -0.893. The van der Waals surface area contributed by atoms with Gasteiger partial charge in [-0.25, -0.2) is 0 Å². The fourth-order valence-corrected chi connectivity index (χ4v) is 3.88. The zero-order chi connectivity index (χ0) is 19.8. The van der Waals surface area contributed by atoms with Gasteiger partial charge in [0.25, 0.3) is 0 Å². The molecule has 2 atom stereocenters. The summed E-state index contributed by atoms with van der Waals surface area (Å²) >= 11 is 0. The number of carboxylic acid groups (broad SMARTS) is 2. The molecule has 0 spiro atoms. The van der Waals surface area contributed by atoms with Crippen LogP contribution in [0.5, 0.6) is 0 Å². The second kappa shape index (κ2) is 9.75. The molecule has 0 fully saturated rings. The predicted octanol–water partition coefficient (Wildman–Crippen LogP) is 5.53. The Morgan fingerprint density at radius 3 is 1.23 bits per heavy atom. The summed E-state index contributed by atoms with van der Waals surface area (Å²) in [4.78, 5) is 24.1. The molecule has 2 N–H and O–H groups in total. The molecule has 0 saturated carbocycles. The van der Waals surface area contributed by atoms with Crippen LogP contribution in [0.25, 0.3) is 0 Å². The molecule has 1 aromatic rings. The van der Waals surface area contributed by atoms with Gasteiger partial charge in [0.05, 0.1) is 10.8 Å². The van der Waals surface area contributed by atoms with Crippen LogP contribution in [0.2, 0.25) is 0 Å². The number of rotatable bonds is 12. The number of unbranched alkanes of at least 4 members (excludes halogenated alkanes) is 2. The topological polar surface area (TPSA) is 74.6 Å². The number of hydrogen-bond donors (Lipinski definition) is 2. The molecule has 0 amide bonds. The Morgan fingerprint density at radius 1 is 0.731 bits per heavy atom. The Balaban J connectivity index is 3.33. The monoisotopic (exact) mass is 362 g/mol. The third-order valence-corrected chi connectivity index (χ3v) is 5.93. The summed E-state index contributed by atoms with van der Waals surface area (Å²) in [6, 6.07) is 7.34. The maximum atomic E-state index is 12.1. The number of carbonyl (C=O) groups is 2. The normalized spacial score (nSPS) is 15.8. The first-order valence-electron chi connectivity index (χ1n) is 9.92. The summed E-state index contributed by atoms with van der Waals surface area (Å²) in [7, 11) is 0. The number of benzene rings is 1. The van der Waals surface area contributed by atoms with Gasteiger partial charge in [0.1, 0.15) is 0 Å². The van der Waals surface area contributed by atoms with Gasteiger partial charge in [-0.15, -0.1) is 0 Å². The van der Waals surface area contributed by atoms with E-state index in [1.807, 2.05) is 38.1 Å². The highest BCUT2D eigenvalue weighted by molar-refractivity contribution is 5.83. The third-order valence-electron chi connectivity index (χ3n) is 5.93. The first-order valence-corrected chi connectivity index (χ1v) is 9.92. The average Bonchev–Trinajstić information content (AvgIpc) is 2.64. The van der Waals surface area contributed by atoms with Crippen molar-refractivity contribution in [3.05, 3.63) is 35.4 Å². The summed E-state index contributed by atoms with van der Waals surface area (Å²) in [5.74, 6) is -1.60. The summed E-state index contributed by atoms with van der Waals surface area (Å²) in [6.45, 7) is 7.93. The zero-order valence-corrected chi connectivity index (χ0v) is 16.7. The first-order chi connectivity index (χ1) is 12.3. The highest BCUT2D eigenvalue weighted by Crippen LogP contribution is 2.38. The van der Waals surface area contributed by atoms with E-state index in [1.54, 1.807) is 0 Å². The summed E-state index contributed by atoms with van der Waals surface area (Å²) in [6.07, 6.45) is 5.85. The molecule has 26 heavy (non-hydrogen) atoms. The van der Waals surface area contributed by atoms with Gasteiger partial charge in [0.2, 0.25) is 0 Å². The average molecular weight is 363 g/mol. The highest BCUT2D eigenvalue weighted by Gasteiger charge is 2.40. The van der Waals surface area contributed by atoms with E-state index in [-0.39, 0.29) is 0 Å². The maximum absolute atomic E-state index is 12.1. The van der Waals surface area contributed by atoms with E-state index in [0.717, 1.165) is 36.8 Å². The zero-order valence-electron chi connectivity index (χ0n) is 16.7. The van der Waals surface area contributed by atoms with Crippen LogP contribution < -0.4 is 0 Å². The van der Waals surface area contributed by atoms with Gasteiger partial charge in [-0.1, -0.05) is 77.6 Å². The molecule has 1 rings (SSSR count). The van der Waals surface area contributed by atoms with E-state index in [4.69, 9.17) is 0 Å². The highest BCUT2D eigenvalue weighted by atomic mass is 16.4. The van der Waals surface area contributed by atoms with Crippen LogP contribution in [0.15, 0.2) is 24.3 Å². The largest absolute Gasteiger partial charge is 0.481 e. The van der Waals surface area contributed by atoms with Crippen molar-refractivity contribution in [2.24, 2.45) is 0 Å². The Labute approximate surface area is 157 Å². The number of carboxylic acids is 2. The summed E-state index contributed by atoms with van der Waals surface area (Å²) in [5.41, 5.74) is -0.238. The van der Waals surface area contributed by atoms with E-state index in [9.17, 15) is 19.8 Å². The van der Waals surface area contributed by atoms with Crippen LogP contribution >= 0.6 is 0 Å². The van der Waals surface area contributed by atoms with Gasteiger partial charge >= 0.3 is 11.9 Å². The molecule has 0 radical (unpaired) electrons. The van der Waals surface area contributed by atoms with Crippen molar-refractivity contribution >= 4 is 11.9 Å². The summed E-state index contributed by atoms with van der Waals surface area (Å²) < 4.78 is 0. The van der Waals surface area contributed by atoms with Gasteiger partial charge in [0, 0.05) is 0 Å². The van der Waals surface area contributed by atoms with Crippen LogP contribution in [0, 0.1) is 0 Å². The van der Waals surface area contributed by atoms with Crippen molar-refractivity contribution in [1.29, 1.82) is 0 Å². The van der Waals surface area contributed by atoms with Crippen molar-refractivity contribution in [3.8, 4) is 0 Å². The van der Waals surface area contributed by atoms with Crippen molar-refractivity contribution < 1.29 is 19.8 Å². The van der Waals surface area contributed by atoms with Crippen molar-refractivity contribution in [2.45, 2.75) is 89.9 Å². The van der Waals surface area contributed by atoms with Gasteiger partial charge in [-0.3, -0.25) is 9.59 Å². The van der Waals surface area contributed by atoms with Gasteiger partial charge in [-0.2, -0.15) is 0 Å². The molecule has 0 aromatic heterocycles. The molecule has 0 saturated heterocycles. The molecule has 0 bridgehead atoms. The van der Waals surface area contributed by atoms with Crippen LogP contribution in [-0.4, -0.2) is 22.2 Å². The van der Waals surface area contributed by atoms with Crippen LogP contribution in [0.1, 0.15) is 90.2 Å². The maximum Gasteiger partial charge on any atom is 0.314 e. The van der Waals surface area contributed by atoms with Crippen molar-refractivity contribution in [1.82, 2.24) is 0 Å². The Bertz CT molecular complexity index is 540. The molecular formula is C22H34O4. The minimum absolute atomic E-state index is 0.523. The van der Waals surface area contributed by atoms with E-state index < -0.39 is 22.8 Å². The smallest absolute Gasteiger partial charge is 0.314 e. The Kier molecular flexibility index (Phi) is 8.32. The molecule has 2 unspecified atom stereocenters. The molecule has 4 heteroatoms. The lowest BCUT2D eigenvalue weighted by molar-refractivity contribution is -0.145. The minimum Gasteiger partial charge on any atom is -0.481 e. The lowest BCUT2D eigenvalue weighted by atomic mass is 9.71. The molecule has 0 aliphatic carbocycles. The fourth-order valence-electron chi connectivity index (χ4n) is 3.88. The van der Waals surface area contributed by atoms with Gasteiger partial charge in [0.15, 0.2) is 0 Å². The van der Waals surface area contributed by atoms with Crippen LogP contribution in [0.4, 0.5) is 0 Å². The number of hydrogen-bond acceptors (Lipinski definition) is 2. The van der Waals surface area contributed by atoms with Gasteiger partial charge < -0.3 is 10.2 Å². The van der Waals surface area contributed by atoms with Gasteiger partial charge in [-0.05, 0) is 36.8 Å². The first kappa shape index (κ1) is 22.2. The molecule has 146 valence electrons. The molecule has 0 heterocycles. The fraction of sp³-hybridized carbons (Fsp3) is 0.636.